The van der Waals surface area contributed by atoms with Crippen LogP contribution in [0.15, 0.2) is 39.5 Å². The van der Waals surface area contributed by atoms with Crippen molar-refractivity contribution < 1.29 is 104 Å². The van der Waals surface area contributed by atoms with Gasteiger partial charge in [0.05, 0.1) is 19.8 Å². The molecule has 1 aromatic heterocycles. The maximum atomic E-state index is 14.2. The van der Waals surface area contributed by atoms with Crippen molar-refractivity contribution in [1.82, 2.24) is 0 Å². The summed E-state index contributed by atoms with van der Waals surface area (Å²) in [5.74, 6) is -3.84. The van der Waals surface area contributed by atoms with E-state index in [0.717, 1.165) is 24.3 Å². The first kappa shape index (κ1) is 40.7. The van der Waals surface area contributed by atoms with Crippen LogP contribution in [-0.4, -0.2) is 183 Å². The summed E-state index contributed by atoms with van der Waals surface area (Å²) in [5.41, 5.74) is -1.77. The van der Waals surface area contributed by atoms with Crippen LogP contribution in [0.2, 0.25) is 0 Å². The molecule has 55 heavy (non-hydrogen) atoms. The van der Waals surface area contributed by atoms with Crippen molar-refractivity contribution in [3.8, 4) is 40.1 Å². The molecule has 0 radical (unpaired) electrons. The Balaban J connectivity index is 1.43. The van der Waals surface area contributed by atoms with E-state index in [-0.39, 0.29) is 11.3 Å². The quantitative estimate of drug-likeness (QED) is 0.0853. The zero-order valence-electron chi connectivity index (χ0n) is 28.2. The van der Waals surface area contributed by atoms with Gasteiger partial charge >= 0.3 is 0 Å². The third-order valence-corrected chi connectivity index (χ3v) is 9.44. The summed E-state index contributed by atoms with van der Waals surface area (Å²) in [6, 6.07) is 5.03. The van der Waals surface area contributed by atoms with Gasteiger partial charge in [0, 0.05) is 17.7 Å². The van der Waals surface area contributed by atoms with Crippen molar-refractivity contribution in [3.05, 3.63) is 40.6 Å². The molecule has 14 N–H and O–H groups in total. The van der Waals surface area contributed by atoms with Crippen molar-refractivity contribution >= 4 is 11.0 Å². The van der Waals surface area contributed by atoms with Gasteiger partial charge in [-0.3, -0.25) is 4.79 Å². The van der Waals surface area contributed by atoms with E-state index in [1.807, 2.05) is 0 Å². The average molecular weight is 789 g/mol. The summed E-state index contributed by atoms with van der Waals surface area (Å²) in [4.78, 5) is 14.2. The second-order valence-electron chi connectivity index (χ2n) is 13.0. The number of hydrogen-bond acceptors (Lipinski definition) is 22. The second kappa shape index (κ2) is 16.3. The molecule has 0 unspecified atom stereocenters. The second-order valence-corrected chi connectivity index (χ2v) is 13.0. The lowest BCUT2D eigenvalue weighted by molar-refractivity contribution is -0.358. The number of aliphatic hydroxyl groups excluding tert-OH is 11. The third kappa shape index (κ3) is 7.63. The van der Waals surface area contributed by atoms with Crippen molar-refractivity contribution in [3.63, 3.8) is 0 Å². The first-order valence-electron chi connectivity index (χ1n) is 16.7. The van der Waals surface area contributed by atoms with Gasteiger partial charge in [0.1, 0.15) is 89.6 Å². The van der Waals surface area contributed by atoms with Gasteiger partial charge in [-0.2, -0.15) is 0 Å². The molecule has 0 spiro atoms. The summed E-state index contributed by atoms with van der Waals surface area (Å²) < 4.78 is 39.5. The number of aliphatic hydroxyl groups is 11. The van der Waals surface area contributed by atoms with Crippen LogP contribution in [-0.2, 0) is 18.9 Å². The van der Waals surface area contributed by atoms with E-state index in [4.69, 9.17) is 32.8 Å². The molecule has 3 saturated heterocycles. The number of phenols is 3. The normalized spacial score (nSPS) is 36.8. The number of benzene rings is 2. The highest BCUT2D eigenvalue weighted by Gasteiger charge is 2.52. The molecule has 2 aromatic carbocycles. The monoisotopic (exact) mass is 788 g/mol. The number of hydrogen-bond donors (Lipinski definition) is 14. The largest absolute Gasteiger partial charge is 0.507 e. The Bertz CT molecular complexity index is 1870. The highest BCUT2D eigenvalue weighted by molar-refractivity contribution is 5.88. The Morgan fingerprint density at radius 3 is 1.69 bits per heavy atom. The fourth-order valence-electron chi connectivity index (χ4n) is 6.33. The minimum Gasteiger partial charge on any atom is -0.507 e. The molecular formula is C33H40O22. The molecule has 22 heteroatoms. The molecule has 0 amide bonds. The summed E-state index contributed by atoms with van der Waals surface area (Å²) >= 11 is 0. The lowest BCUT2D eigenvalue weighted by atomic mass is 9.97. The third-order valence-electron chi connectivity index (χ3n) is 9.44. The van der Waals surface area contributed by atoms with Crippen LogP contribution in [0, 0.1) is 0 Å². The molecule has 15 atom stereocenters. The number of ether oxygens (including phenoxy) is 6. The molecule has 3 aromatic rings. The smallest absolute Gasteiger partial charge is 0.239 e. The van der Waals surface area contributed by atoms with Crippen molar-refractivity contribution in [2.45, 2.75) is 92.1 Å². The lowest BCUT2D eigenvalue weighted by Gasteiger charge is -2.45. The van der Waals surface area contributed by atoms with E-state index in [1.54, 1.807) is 0 Å². The van der Waals surface area contributed by atoms with Gasteiger partial charge in [0.15, 0.2) is 29.7 Å². The number of phenolic OH excluding ortho intramolecular Hbond substituents is 3. The Morgan fingerprint density at radius 1 is 0.564 bits per heavy atom. The van der Waals surface area contributed by atoms with Gasteiger partial charge in [-0.05, 0) is 18.2 Å². The zero-order valence-corrected chi connectivity index (χ0v) is 28.2. The van der Waals surface area contributed by atoms with Gasteiger partial charge in [-0.25, -0.2) is 0 Å². The average Bonchev–Trinajstić information content (AvgIpc) is 3.16. The number of fused-ring (bicyclic) bond motifs is 1. The lowest BCUT2D eigenvalue weighted by Crippen LogP contribution is -2.65. The van der Waals surface area contributed by atoms with E-state index in [0.29, 0.717) is 0 Å². The summed E-state index contributed by atoms with van der Waals surface area (Å²) in [5, 5.41) is 143. The molecular weight excluding hydrogens is 748 g/mol. The van der Waals surface area contributed by atoms with E-state index < -0.39 is 157 Å². The van der Waals surface area contributed by atoms with Crippen LogP contribution in [0.25, 0.3) is 22.3 Å². The van der Waals surface area contributed by atoms with Crippen LogP contribution < -0.4 is 14.9 Å². The number of rotatable bonds is 10. The van der Waals surface area contributed by atoms with Gasteiger partial charge in [-0.1, -0.05) is 0 Å². The van der Waals surface area contributed by atoms with Crippen LogP contribution in [0.3, 0.4) is 0 Å². The topological polar surface area (TPSA) is 369 Å². The molecule has 3 fully saturated rings. The first-order valence-corrected chi connectivity index (χ1v) is 16.7. The Kier molecular flexibility index (Phi) is 12.0. The van der Waals surface area contributed by atoms with Crippen molar-refractivity contribution in [2.75, 3.05) is 19.8 Å². The van der Waals surface area contributed by atoms with Gasteiger partial charge in [0.2, 0.25) is 23.8 Å². The predicted octanol–water partition coefficient (Wildman–Crippen LogP) is -5.24. The van der Waals surface area contributed by atoms with Gasteiger partial charge in [-0.15, -0.1) is 0 Å². The van der Waals surface area contributed by atoms with Crippen molar-refractivity contribution in [1.29, 1.82) is 0 Å². The molecule has 3 aliphatic heterocycles. The molecule has 0 aliphatic carbocycles. The van der Waals surface area contributed by atoms with E-state index in [1.165, 1.54) is 6.07 Å². The Labute approximate surface area is 307 Å². The van der Waals surface area contributed by atoms with E-state index >= 15 is 0 Å². The molecule has 22 nitrogen and oxygen atoms in total. The van der Waals surface area contributed by atoms with E-state index in [9.17, 15) is 76.3 Å². The van der Waals surface area contributed by atoms with Gasteiger partial charge < -0.3 is 104 Å². The summed E-state index contributed by atoms with van der Waals surface area (Å²) in [6.07, 6.45) is -27.2. The zero-order chi connectivity index (χ0) is 40.0. The minimum atomic E-state index is -2.05. The van der Waals surface area contributed by atoms with Crippen LogP contribution >= 0.6 is 0 Å². The Morgan fingerprint density at radius 2 is 1.11 bits per heavy atom. The standard InChI is InChI=1S/C33H40O22/c34-6-15-19(40)23(44)26(47)31(51-15)49-10-4-13(39)18-14(5-10)50-28(9-1-2-11(37)12(38)3-9)29(22(18)43)54-33-30(25(46)21(42)17(8-36)53-33)55-32-27(48)24(45)20(41)16(7-35)52-32/h1-5,15-17,19-21,23-27,30-42,44-48H,6-8H2/t15-,16+,17-,19+,20+,21-,23-,24-,25-,26+,27+,30+,31+,32-,33-/m0/s1. The minimum absolute atomic E-state index is 0.162. The van der Waals surface area contributed by atoms with Crippen molar-refractivity contribution in [2.24, 2.45) is 0 Å². The summed E-state index contributed by atoms with van der Waals surface area (Å²) in [6.45, 7) is -2.56. The van der Waals surface area contributed by atoms with E-state index in [2.05, 4.69) is 0 Å². The fraction of sp³-hybridized carbons (Fsp3) is 0.545. The number of aromatic hydroxyl groups is 3. The predicted molar refractivity (Wildman–Crippen MR) is 174 cm³/mol. The highest BCUT2D eigenvalue weighted by Crippen LogP contribution is 2.41. The summed E-state index contributed by atoms with van der Waals surface area (Å²) in [7, 11) is 0. The Hall–Kier alpha value is -3.95. The van der Waals surface area contributed by atoms with Crippen LogP contribution in [0.5, 0.6) is 28.7 Å². The fourth-order valence-corrected chi connectivity index (χ4v) is 6.33. The van der Waals surface area contributed by atoms with Gasteiger partial charge in [0.25, 0.3) is 0 Å². The molecule has 0 bridgehead atoms. The van der Waals surface area contributed by atoms with Crippen LogP contribution in [0.1, 0.15) is 0 Å². The maximum absolute atomic E-state index is 14.2. The molecule has 3 aliphatic rings. The highest BCUT2D eigenvalue weighted by atomic mass is 16.8. The maximum Gasteiger partial charge on any atom is 0.239 e. The SMILES string of the molecule is O=c1c(O[C@@H]2O[C@@H](CO)[C@H](O)[C@H](O)[C@H]2O[C@@H]2O[C@H](CO)[C@@H](O)[C@H](O)[C@H]2O)c(-c2ccc(O)c(O)c2)oc2cc(O[C@@H]3O[C@@H](CO)[C@@H](O)[C@H](O)[C@H]3O)cc(O)c12. The van der Waals surface area contributed by atoms with Crippen LogP contribution in [0.4, 0.5) is 0 Å². The molecule has 4 heterocycles. The molecule has 6 rings (SSSR count). The first-order chi connectivity index (χ1) is 26.1. The molecule has 304 valence electrons. The molecule has 0 saturated carbocycles.